The van der Waals surface area contributed by atoms with Crippen molar-refractivity contribution < 1.29 is 13.2 Å². The molecule has 21 heavy (non-hydrogen) atoms. The molecule has 1 aromatic carbocycles. The highest BCUT2D eigenvalue weighted by atomic mass is 32.2. The van der Waals surface area contributed by atoms with E-state index in [-0.39, 0.29) is 10.8 Å². The van der Waals surface area contributed by atoms with Crippen LogP contribution in [0, 0.1) is 0 Å². The van der Waals surface area contributed by atoms with Crippen LogP contribution in [0.5, 0.6) is 0 Å². The van der Waals surface area contributed by atoms with E-state index in [1.54, 1.807) is 30.0 Å². The minimum atomic E-state index is -3.66. The molecule has 1 heterocycles. The first-order chi connectivity index (χ1) is 9.90. The molecule has 0 aliphatic carbocycles. The van der Waals surface area contributed by atoms with Crippen LogP contribution < -0.4 is 4.72 Å². The minimum absolute atomic E-state index is 0.169. The standard InChI is InChI=1S/C14H21N3O3S/c1-12(14(18)17-10-8-16(2)9-11-17)15-21(19,20)13-6-4-3-5-7-13/h3-7,12,15H,8-11H2,1-2H3/t12-/m1/s1. The van der Waals surface area contributed by atoms with Crippen LogP contribution >= 0.6 is 0 Å². The average Bonchev–Trinajstić information content (AvgIpc) is 2.48. The third kappa shape index (κ3) is 4.03. The Kier molecular flexibility index (Phi) is 4.97. The second kappa shape index (κ2) is 6.55. The van der Waals surface area contributed by atoms with Crippen molar-refractivity contribution in [2.75, 3.05) is 33.2 Å². The number of piperazine rings is 1. The van der Waals surface area contributed by atoms with Crippen LogP contribution in [0.1, 0.15) is 6.92 Å². The molecule has 1 aromatic rings. The number of benzene rings is 1. The van der Waals surface area contributed by atoms with Crippen molar-refractivity contribution in [3.05, 3.63) is 30.3 Å². The van der Waals surface area contributed by atoms with Gasteiger partial charge in [0.2, 0.25) is 15.9 Å². The molecule has 7 heteroatoms. The van der Waals surface area contributed by atoms with Gasteiger partial charge in [-0.25, -0.2) is 8.42 Å². The summed E-state index contributed by atoms with van der Waals surface area (Å²) in [5.41, 5.74) is 0. The van der Waals surface area contributed by atoms with E-state index in [9.17, 15) is 13.2 Å². The van der Waals surface area contributed by atoms with Gasteiger partial charge in [0.15, 0.2) is 0 Å². The molecule has 0 unspecified atom stereocenters. The first kappa shape index (κ1) is 15.9. The van der Waals surface area contributed by atoms with Crippen LogP contribution in [0.3, 0.4) is 0 Å². The van der Waals surface area contributed by atoms with Gasteiger partial charge in [-0.2, -0.15) is 4.72 Å². The Morgan fingerprint density at radius 3 is 2.29 bits per heavy atom. The largest absolute Gasteiger partial charge is 0.339 e. The molecule has 1 saturated heterocycles. The molecule has 116 valence electrons. The molecule has 1 amide bonds. The smallest absolute Gasteiger partial charge is 0.241 e. The zero-order valence-electron chi connectivity index (χ0n) is 12.3. The highest BCUT2D eigenvalue weighted by molar-refractivity contribution is 7.89. The number of sulfonamides is 1. The molecule has 0 saturated carbocycles. The number of likely N-dealkylation sites (N-methyl/N-ethyl adjacent to an activating group) is 1. The third-order valence-electron chi connectivity index (χ3n) is 3.57. The fourth-order valence-corrected chi connectivity index (χ4v) is 3.47. The van der Waals surface area contributed by atoms with Crippen molar-refractivity contribution in [1.29, 1.82) is 0 Å². The third-order valence-corrected chi connectivity index (χ3v) is 5.13. The molecule has 0 aromatic heterocycles. The topological polar surface area (TPSA) is 69.7 Å². The summed E-state index contributed by atoms with van der Waals surface area (Å²) in [6.45, 7) is 4.47. The Hall–Kier alpha value is -1.44. The van der Waals surface area contributed by atoms with Gasteiger partial charge in [0.1, 0.15) is 0 Å². The maximum absolute atomic E-state index is 12.3. The van der Waals surface area contributed by atoms with Crippen molar-refractivity contribution in [2.24, 2.45) is 0 Å². The lowest BCUT2D eigenvalue weighted by atomic mass is 10.2. The molecule has 0 radical (unpaired) electrons. The fourth-order valence-electron chi connectivity index (χ4n) is 2.25. The lowest BCUT2D eigenvalue weighted by Crippen LogP contribution is -2.53. The molecule has 0 spiro atoms. The molecular weight excluding hydrogens is 290 g/mol. The van der Waals surface area contributed by atoms with Gasteiger partial charge in [0, 0.05) is 26.2 Å². The summed E-state index contributed by atoms with van der Waals surface area (Å²) in [4.78, 5) is 16.3. The zero-order chi connectivity index (χ0) is 15.5. The van der Waals surface area contributed by atoms with Crippen LogP contribution in [0.15, 0.2) is 35.2 Å². The van der Waals surface area contributed by atoms with E-state index >= 15 is 0 Å². The Bertz CT molecular complexity index is 581. The number of carbonyl (C=O) groups excluding carboxylic acids is 1. The second-order valence-electron chi connectivity index (χ2n) is 5.28. The predicted octanol–water partition coefficient (Wildman–Crippen LogP) is 0.127. The first-order valence-corrected chi connectivity index (χ1v) is 8.43. The Morgan fingerprint density at radius 2 is 1.71 bits per heavy atom. The highest BCUT2D eigenvalue weighted by Gasteiger charge is 2.27. The molecule has 1 aliphatic heterocycles. The van der Waals surface area contributed by atoms with Gasteiger partial charge in [-0.05, 0) is 26.1 Å². The quantitative estimate of drug-likeness (QED) is 0.858. The van der Waals surface area contributed by atoms with Crippen molar-refractivity contribution >= 4 is 15.9 Å². The van der Waals surface area contributed by atoms with Crippen LogP contribution in [0.4, 0.5) is 0 Å². The second-order valence-corrected chi connectivity index (χ2v) is 7.00. The predicted molar refractivity (Wildman–Crippen MR) is 80.3 cm³/mol. The number of carbonyl (C=O) groups is 1. The van der Waals surface area contributed by atoms with Crippen molar-refractivity contribution in [2.45, 2.75) is 17.9 Å². The maximum Gasteiger partial charge on any atom is 0.241 e. The summed E-state index contributed by atoms with van der Waals surface area (Å²) in [6.07, 6.45) is 0. The van der Waals surface area contributed by atoms with E-state index in [0.29, 0.717) is 13.1 Å². The average molecular weight is 311 g/mol. The summed E-state index contributed by atoms with van der Waals surface area (Å²) in [7, 11) is -1.66. The molecular formula is C14H21N3O3S. The first-order valence-electron chi connectivity index (χ1n) is 6.95. The molecule has 6 nitrogen and oxygen atoms in total. The monoisotopic (exact) mass is 311 g/mol. The van der Waals surface area contributed by atoms with Gasteiger partial charge in [0.05, 0.1) is 10.9 Å². The van der Waals surface area contributed by atoms with Crippen LogP contribution in [0.25, 0.3) is 0 Å². The van der Waals surface area contributed by atoms with Gasteiger partial charge in [-0.3, -0.25) is 4.79 Å². The van der Waals surface area contributed by atoms with E-state index in [0.717, 1.165) is 13.1 Å². The van der Waals surface area contributed by atoms with Gasteiger partial charge in [0.25, 0.3) is 0 Å². The summed E-state index contributed by atoms with van der Waals surface area (Å²) in [5.74, 6) is -0.178. The summed E-state index contributed by atoms with van der Waals surface area (Å²) < 4.78 is 26.8. The number of rotatable bonds is 4. The number of hydrogen-bond acceptors (Lipinski definition) is 4. The van der Waals surface area contributed by atoms with E-state index < -0.39 is 16.1 Å². The lowest BCUT2D eigenvalue weighted by Gasteiger charge is -2.34. The Morgan fingerprint density at radius 1 is 1.14 bits per heavy atom. The Labute approximate surface area is 125 Å². The molecule has 1 fully saturated rings. The van der Waals surface area contributed by atoms with E-state index in [4.69, 9.17) is 0 Å². The van der Waals surface area contributed by atoms with Crippen molar-refractivity contribution in [1.82, 2.24) is 14.5 Å². The maximum atomic E-state index is 12.3. The Balaban J connectivity index is 2.01. The fraction of sp³-hybridized carbons (Fsp3) is 0.500. The number of hydrogen-bond donors (Lipinski definition) is 1. The normalized spacial score (nSPS) is 18.5. The van der Waals surface area contributed by atoms with Gasteiger partial charge in [-0.1, -0.05) is 18.2 Å². The summed E-state index contributed by atoms with van der Waals surface area (Å²) in [6, 6.07) is 7.31. The molecule has 0 bridgehead atoms. The highest BCUT2D eigenvalue weighted by Crippen LogP contribution is 2.09. The molecule has 1 N–H and O–H groups in total. The van der Waals surface area contributed by atoms with Crippen molar-refractivity contribution in [3.63, 3.8) is 0 Å². The van der Waals surface area contributed by atoms with Gasteiger partial charge >= 0.3 is 0 Å². The summed E-state index contributed by atoms with van der Waals surface area (Å²) >= 11 is 0. The van der Waals surface area contributed by atoms with E-state index in [2.05, 4.69) is 9.62 Å². The molecule has 2 rings (SSSR count). The SMILES string of the molecule is C[C@@H](NS(=O)(=O)c1ccccc1)C(=O)N1CCN(C)CC1. The lowest BCUT2D eigenvalue weighted by molar-refractivity contribution is -0.134. The van der Waals surface area contributed by atoms with E-state index in [1.807, 2.05) is 7.05 Å². The van der Waals surface area contributed by atoms with Crippen LogP contribution in [0.2, 0.25) is 0 Å². The number of nitrogens with zero attached hydrogens (tertiary/aromatic N) is 2. The molecule has 1 aliphatic rings. The number of nitrogens with one attached hydrogen (secondary N) is 1. The van der Waals surface area contributed by atoms with Crippen LogP contribution in [-0.4, -0.2) is 63.4 Å². The summed E-state index contributed by atoms with van der Waals surface area (Å²) in [5, 5.41) is 0. The van der Waals surface area contributed by atoms with Crippen molar-refractivity contribution in [3.8, 4) is 0 Å². The van der Waals surface area contributed by atoms with Gasteiger partial charge in [-0.15, -0.1) is 0 Å². The zero-order valence-corrected chi connectivity index (χ0v) is 13.1. The van der Waals surface area contributed by atoms with Crippen LogP contribution in [-0.2, 0) is 14.8 Å². The molecule has 1 atom stereocenters. The number of amides is 1. The van der Waals surface area contributed by atoms with Gasteiger partial charge < -0.3 is 9.80 Å². The van der Waals surface area contributed by atoms with E-state index in [1.165, 1.54) is 12.1 Å². The minimum Gasteiger partial charge on any atom is -0.339 e.